The predicted molar refractivity (Wildman–Crippen MR) is 81.3 cm³/mol. The lowest BCUT2D eigenvalue weighted by Gasteiger charge is -2.14. The zero-order valence-corrected chi connectivity index (χ0v) is 12.4. The Morgan fingerprint density at radius 1 is 0.905 bits per heavy atom. The van der Waals surface area contributed by atoms with Gasteiger partial charge in [-0.25, -0.2) is 0 Å². The van der Waals surface area contributed by atoms with Gasteiger partial charge in [-0.05, 0) is 17.7 Å². The number of anilines is 1. The maximum atomic E-state index is 5.76. The molecule has 0 saturated carbocycles. The van der Waals surface area contributed by atoms with Crippen molar-refractivity contribution in [1.29, 1.82) is 0 Å². The van der Waals surface area contributed by atoms with Crippen LogP contribution in [0.25, 0.3) is 0 Å². The first-order valence-electron chi connectivity index (χ1n) is 6.45. The molecule has 0 bridgehead atoms. The highest BCUT2D eigenvalue weighted by Gasteiger charge is 2.13. The van der Waals surface area contributed by atoms with Crippen molar-refractivity contribution in [2.75, 3.05) is 27.1 Å². The van der Waals surface area contributed by atoms with Crippen molar-refractivity contribution >= 4 is 5.69 Å². The lowest BCUT2D eigenvalue weighted by atomic mass is 10.2. The Bertz CT molecular complexity index is 588. The molecular formula is C16H19NO4. The fourth-order valence-corrected chi connectivity index (χ4v) is 1.99. The van der Waals surface area contributed by atoms with E-state index in [0.29, 0.717) is 35.3 Å². The maximum Gasteiger partial charge on any atom is 0.203 e. The number of nitrogen functional groups attached to an aromatic ring is 1. The van der Waals surface area contributed by atoms with Gasteiger partial charge in [0.1, 0.15) is 12.4 Å². The number of ether oxygens (including phenoxy) is 4. The van der Waals surface area contributed by atoms with Gasteiger partial charge < -0.3 is 24.7 Å². The van der Waals surface area contributed by atoms with Gasteiger partial charge in [0, 0.05) is 17.8 Å². The van der Waals surface area contributed by atoms with Crippen LogP contribution >= 0.6 is 0 Å². The number of rotatable bonds is 6. The molecule has 2 aromatic carbocycles. The van der Waals surface area contributed by atoms with Crippen LogP contribution in [0.15, 0.2) is 36.4 Å². The molecule has 0 saturated heterocycles. The monoisotopic (exact) mass is 289 g/mol. The quantitative estimate of drug-likeness (QED) is 0.828. The van der Waals surface area contributed by atoms with E-state index in [4.69, 9.17) is 24.7 Å². The Morgan fingerprint density at radius 2 is 1.57 bits per heavy atom. The van der Waals surface area contributed by atoms with Crippen molar-refractivity contribution in [2.45, 2.75) is 6.61 Å². The Morgan fingerprint density at radius 3 is 2.10 bits per heavy atom. The highest BCUT2D eigenvalue weighted by Crippen LogP contribution is 2.40. The van der Waals surface area contributed by atoms with Crippen LogP contribution in [-0.2, 0) is 6.61 Å². The molecular weight excluding hydrogens is 270 g/mol. The minimum atomic E-state index is 0.406. The van der Waals surface area contributed by atoms with Crippen LogP contribution in [0, 0.1) is 0 Å². The average molecular weight is 289 g/mol. The molecule has 0 radical (unpaired) electrons. The minimum absolute atomic E-state index is 0.406. The smallest absolute Gasteiger partial charge is 0.203 e. The van der Waals surface area contributed by atoms with Crippen LogP contribution in [0.1, 0.15) is 5.56 Å². The molecule has 0 aliphatic heterocycles. The third kappa shape index (κ3) is 3.51. The second-order valence-electron chi connectivity index (χ2n) is 4.39. The van der Waals surface area contributed by atoms with Crippen molar-refractivity contribution in [3.8, 4) is 23.0 Å². The molecule has 0 amide bonds. The van der Waals surface area contributed by atoms with Crippen molar-refractivity contribution in [1.82, 2.24) is 0 Å². The molecule has 0 aliphatic rings. The Labute approximate surface area is 124 Å². The molecule has 0 fully saturated rings. The van der Waals surface area contributed by atoms with E-state index in [9.17, 15) is 0 Å². The molecule has 5 nitrogen and oxygen atoms in total. The van der Waals surface area contributed by atoms with E-state index in [-0.39, 0.29) is 0 Å². The molecule has 5 heteroatoms. The summed E-state index contributed by atoms with van der Waals surface area (Å²) in [6.45, 7) is 0.406. The Balaban J connectivity index is 2.20. The van der Waals surface area contributed by atoms with Gasteiger partial charge in [-0.2, -0.15) is 0 Å². The SMILES string of the molecule is COc1cc(OCc2cccc(N)c2)cc(OC)c1OC. The largest absolute Gasteiger partial charge is 0.493 e. The van der Waals surface area contributed by atoms with Crippen molar-refractivity contribution in [2.24, 2.45) is 0 Å². The van der Waals surface area contributed by atoms with Gasteiger partial charge in [0.05, 0.1) is 21.3 Å². The van der Waals surface area contributed by atoms with E-state index in [0.717, 1.165) is 5.56 Å². The summed E-state index contributed by atoms with van der Waals surface area (Å²) in [7, 11) is 4.70. The highest BCUT2D eigenvalue weighted by atomic mass is 16.5. The van der Waals surface area contributed by atoms with Gasteiger partial charge in [0.15, 0.2) is 11.5 Å². The number of nitrogens with two attached hydrogens (primary N) is 1. The van der Waals surface area contributed by atoms with E-state index in [1.807, 2.05) is 24.3 Å². The Hall–Kier alpha value is -2.56. The highest BCUT2D eigenvalue weighted by molar-refractivity contribution is 5.56. The van der Waals surface area contributed by atoms with Crippen LogP contribution < -0.4 is 24.7 Å². The molecule has 2 rings (SSSR count). The number of methoxy groups -OCH3 is 3. The van der Waals surface area contributed by atoms with Gasteiger partial charge in [0.2, 0.25) is 5.75 Å². The third-order valence-corrected chi connectivity index (χ3v) is 2.99. The summed E-state index contributed by atoms with van der Waals surface area (Å²) in [5.74, 6) is 2.28. The Kier molecular flexibility index (Phi) is 4.77. The molecule has 2 N–H and O–H groups in total. The van der Waals surface area contributed by atoms with Crippen LogP contribution in [0.3, 0.4) is 0 Å². The van der Waals surface area contributed by atoms with Crippen LogP contribution in [-0.4, -0.2) is 21.3 Å². The standard InChI is InChI=1S/C16H19NO4/c1-18-14-8-13(9-15(19-2)16(14)20-3)21-10-11-5-4-6-12(17)7-11/h4-9H,10,17H2,1-3H3. The van der Waals surface area contributed by atoms with Crippen LogP contribution in [0.2, 0.25) is 0 Å². The maximum absolute atomic E-state index is 5.76. The molecule has 21 heavy (non-hydrogen) atoms. The second-order valence-corrected chi connectivity index (χ2v) is 4.39. The summed E-state index contributed by atoms with van der Waals surface area (Å²) in [6, 6.07) is 11.1. The number of hydrogen-bond donors (Lipinski definition) is 1. The molecule has 0 spiro atoms. The number of hydrogen-bond acceptors (Lipinski definition) is 5. The van der Waals surface area contributed by atoms with Crippen LogP contribution in [0.5, 0.6) is 23.0 Å². The van der Waals surface area contributed by atoms with Crippen molar-refractivity contribution < 1.29 is 18.9 Å². The molecule has 0 unspecified atom stereocenters. The fourth-order valence-electron chi connectivity index (χ4n) is 1.99. The van der Waals surface area contributed by atoms with E-state index in [2.05, 4.69) is 0 Å². The summed E-state index contributed by atoms with van der Waals surface area (Å²) in [4.78, 5) is 0. The van der Waals surface area contributed by atoms with Crippen molar-refractivity contribution in [3.05, 3.63) is 42.0 Å². The molecule has 0 heterocycles. The van der Waals surface area contributed by atoms with Crippen LogP contribution in [0.4, 0.5) is 5.69 Å². The van der Waals surface area contributed by atoms with E-state index >= 15 is 0 Å². The lowest BCUT2D eigenvalue weighted by Crippen LogP contribution is -1.99. The molecule has 0 atom stereocenters. The van der Waals surface area contributed by atoms with E-state index in [1.165, 1.54) is 0 Å². The molecule has 0 aliphatic carbocycles. The summed E-state index contributed by atoms with van der Waals surface area (Å²) < 4.78 is 21.6. The van der Waals surface area contributed by atoms with Gasteiger partial charge in [-0.1, -0.05) is 12.1 Å². The van der Waals surface area contributed by atoms with Crippen molar-refractivity contribution in [3.63, 3.8) is 0 Å². The zero-order chi connectivity index (χ0) is 15.2. The summed E-state index contributed by atoms with van der Waals surface area (Å²) >= 11 is 0. The van der Waals surface area contributed by atoms with Gasteiger partial charge in [-0.3, -0.25) is 0 Å². The first-order valence-corrected chi connectivity index (χ1v) is 6.45. The normalized spacial score (nSPS) is 10.0. The van der Waals surface area contributed by atoms with Gasteiger partial charge in [0.25, 0.3) is 0 Å². The summed E-state index contributed by atoms with van der Waals surface area (Å²) in [6.07, 6.45) is 0. The molecule has 0 aromatic heterocycles. The molecule has 112 valence electrons. The zero-order valence-electron chi connectivity index (χ0n) is 12.4. The fraction of sp³-hybridized carbons (Fsp3) is 0.250. The first kappa shape index (κ1) is 14.8. The first-order chi connectivity index (χ1) is 10.2. The second kappa shape index (κ2) is 6.74. The van der Waals surface area contributed by atoms with Gasteiger partial charge >= 0.3 is 0 Å². The van der Waals surface area contributed by atoms with E-state index < -0.39 is 0 Å². The summed E-state index contributed by atoms with van der Waals surface area (Å²) in [5.41, 5.74) is 7.44. The van der Waals surface area contributed by atoms with E-state index in [1.54, 1.807) is 33.5 Å². The van der Waals surface area contributed by atoms with Gasteiger partial charge in [-0.15, -0.1) is 0 Å². The minimum Gasteiger partial charge on any atom is -0.493 e. The predicted octanol–water partition coefficient (Wildman–Crippen LogP) is 2.87. The topological polar surface area (TPSA) is 62.9 Å². The summed E-state index contributed by atoms with van der Waals surface area (Å²) in [5, 5.41) is 0. The number of benzene rings is 2. The third-order valence-electron chi connectivity index (χ3n) is 2.99. The molecule has 2 aromatic rings. The lowest BCUT2D eigenvalue weighted by molar-refractivity contribution is 0.291. The average Bonchev–Trinajstić information content (AvgIpc) is 2.51.